The van der Waals surface area contributed by atoms with Crippen molar-refractivity contribution in [2.24, 2.45) is 5.10 Å². The van der Waals surface area contributed by atoms with E-state index in [4.69, 9.17) is 11.6 Å². The van der Waals surface area contributed by atoms with Crippen molar-refractivity contribution in [1.29, 1.82) is 0 Å². The van der Waals surface area contributed by atoms with Crippen molar-refractivity contribution < 1.29 is 8.42 Å². The number of hydrazone groups is 1. The van der Waals surface area contributed by atoms with Crippen LogP contribution in [0.4, 0.5) is 5.82 Å². The smallest absolute Gasteiger partial charge is 0.244 e. The maximum absolute atomic E-state index is 12.7. The second-order valence-corrected chi connectivity index (χ2v) is 9.38. The van der Waals surface area contributed by atoms with E-state index in [9.17, 15) is 8.42 Å². The van der Waals surface area contributed by atoms with Gasteiger partial charge in [-0.25, -0.2) is 13.4 Å². The van der Waals surface area contributed by atoms with E-state index in [1.165, 1.54) is 10.5 Å². The first kappa shape index (κ1) is 21.7. The Kier molecular flexibility index (Phi) is 7.26. The van der Waals surface area contributed by atoms with E-state index in [0.717, 1.165) is 49.9 Å². The van der Waals surface area contributed by atoms with Gasteiger partial charge in [0.25, 0.3) is 0 Å². The van der Waals surface area contributed by atoms with Gasteiger partial charge in [0.2, 0.25) is 10.0 Å². The highest BCUT2D eigenvalue weighted by Gasteiger charge is 2.26. The molecule has 0 aromatic carbocycles. The van der Waals surface area contributed by atoms with Gasteiger partial charge in [-0.15, -0.1) is 0 Å². The van der Waals surface area contributed by atoms with Gasteiger partial charge >= 0.3 is 0 Å². The molecule has 0 amide bonds. The summed E-state index contributed by atoms with van der Waals surface area (Å²) >= 11 is 6.39. The van der Waals surface area contributed by atoms with E-state index in [0.29, 0.717) is 24.1 Å². The van der Waals surface area contributed by atoms with Crippen molar-refractivity contribution in [1.82, 2.24) is 19.1 Å². The summed E-state index contributed by atoms with van der Waals surface area (Å²) in [4.78, 5) is 4.38. The fourth-order valence-electron chi connectivity index (χ4n) is 3.19. The minimum atomic E-state index is -3.48. The van der Waals surface area contributed by atoms with E-state index in [2.05, 4.69) is 27.5 Å². The first-order valence-corrected chi connectivity index (χ1v) is 11.7. The van der Waals surface area contributed by atoms with Gasteiger partial charge < -0.3 is 0 Å². The highest BCUT2D eigenvalue weighted by Crippen LogP contribution is 2.21. The van der Waals surface area contributed by atoms with E-state index in [-0.39, 0.29) is 4.90 Å². The van der Waals surface area contributed by atoms with Gasteiger partial charge in [0.1, 0.15) is 15.9 Å². The van der Waals surface area contributed by atoms with Crippen molar-refractivity contribution in [2.75, 3.05) is 18.5 Å². The van der Waals surface area contributed by atoms with Crippen molar-refractivity contribution in [3.8, 4) is 0 Å². The number of unbranched alkanes of at least 4 members (excludes halogenated alkanes) is 1. The molecule has 0 spiro atoms. The SMILES string of the molecule is CCCCn1nc(C)c(/C=N/Nc2ccc(S(=O)(=O)N3CCCCC3)cn2)c1Cl. The summed E-state index contributed by atoms with van der Waals surface area (Å²) < 4.78 is 28.6. The van der Waals surface area contributed by atoms with Crippen LogP contribution in [0.1, 0.15) is 50.3 Å². The maximum Gasteiger partial charge on any atom is 0.244 e. The number of halogens is 1. The lowest BCUT2D eigenvalue weighted by Crippen LogP contribution is -2.35. The lowest BCUT2D eigenvalue weighted by atomic mass is 10.2. The van der Waals surface area contributed by atoms with Crippen LogP contribution in [-0.2, 0) is 16.6 Å². The lowest BCUT2D eigenvalue weighted by Gasteiger charge is -2.25. The molecule has 10 heteroatoms. The van der Waals surface area contributed by atoms with Gasteiger partial charge in [0, 0.05) is 25.8 Å². The number of nitrogens with zero attached hydrogens (tertiary/aromatic N) is 5. The van der Waals surface area contributed by atoms with Crippen molar-refractivity contribution in [2.45, 2.75) is 57.4 Å². The minimum absolute atomic E-state index is 0.199. The average Bonchev–Trinajstić information content (AvgIpc) is 3.00. The summed E-state index contributed by atoms with van der Waals surface area (Å²) in [6.45, 7) is 5.91. The number of anilines is 1. The van der Waals surface area contributed by atoms with Crippen LogP contribution in [0.25, 0.3) is 0 Å². The largest absolute Gasteiger partial charge is 0.261 e. The number of hydrogen-bond acceptors (Lipinski definition) is 6. The topological polar surface area (TPSA) is 92.5 Å². The molecular weight excluding hydrogens is 412 g/mol. The molecule has 8 nitrogen and oxygen atoms in total. The Labute approximate surface area is 177 Å². The lowest BCUT2D eigenvalue weighted by molar-refractivity contribution is 0.346. The van der Waals surface area contributed by atoms with E-state index >= 15 is 0 Å². The third-order valence-corrected chi connectivity index (χ3v) is 7.18. The van der Waals surface area contributed by atoms with Crippen LogP contribution in [0.5, 0.6) is 0 Å². The van der Waals surface area contributed by atoms with Crippen LogP contribution >= 0.6 is 11.6 Å². The Morgan fingerprint density at radius 3 is 2.69 bits per heavy atom. The molecule has 0 atom stereocenters. The van der Waals surface area contributed by atoms with E-state index in [1.807, 2.05) is 6.92 Å². The molecule has 0 radical (unpaired) electrons. The third kappa shape index (κ3) is 5.15. The van der Waals surface area contributed by atoms with Gasteiger partial charge in [-0.2, -0.15) is 14.5 Å². The zero-order chi connectivity index (χ0) is 20.9. The van der Waals surface area contributed by atoms with Crippen molar-refractivity contribution >= 4 is 33.7 Å². The first-order valence-electron chi connectivity index (χ1n) is 9.91. The predicted molar refractivity (Wildman–Crippen MR) is 115 cm³/mol. The van der Waals surface area contributed by atoms with Gasteiger partial charge in [-0.05, 0) is 38.3 Å². The quantitative estimate of drug-likeness (QED) is 0.501. The van der Waals surface area contributed by atoms with Crippen LogP contribution in [0.15, 0.2) is 28.3 Å². The second-order valence-electron chi connectivity index (χ2n) is 7.08. The standard InChI is InChI=1S/C19H27ClN6O2S/c1-3-4-12-26-19(20)17(15(2)24-26)14-22-23-18-9-8-16(13-21-18)29(27,28)25-10-6-5-7-11-25/h8-9,13-14H,3-7,10-12H2,1-2H3,(H,21,23)/b22-14+. The molecule has 1 aliphatic rings. The zero-order valence-electron chi connectivity index (χ0n) is 16.8. The maximum atomic E-state index is 12.7. The molecule has 1 N–H and O–H groups in total. The predicted octanol–water partition coefficient (Wildman–Crippen LogP) is 3.66. The monoisotopic (exact) mass is 438 g/mol. The highest BCUT2D eigenvalue weighted by molar-refractivity contribution is 7.89. The average molecular weight is 439 g/mol. The molecule has 3 heterocycles. The number of pyridine rings is 1. The molecule has 2 aromatic rings. The van der Waals surface area contributed by atoms with Gasteiger partial charge in [-0.3, -0.25) is 10.1 Å². The molecule has 29 heavy (non-hydrogen) atoms. The molecule has 3 rings (SSSR count). The molecule has 0 bridgehead atoms. The van der Waals surface area contributed by atoms with E-state index in [1.54, 1.807) is 23.0 Å². The normalized spacial score (nSPS) is 15.8. The Bertz CT molecular complexity index is 950. The van der Waals surface area contributed by atoms with Crippen LogP contribution in [0, 0.1) is 6.92 Å². The van der Waals surface area contributed by atoms with E-state index < -0.39 is 10.0 Å². The summed E-state index contributed by atoms with van der Waals surface area (Å²) in [5.74, 6) is 0.450. The summed E-state index contributed by atoms with van der Waals surface area (Å²) in [7, 11) is -3.48. The van der Waals surface area contributed by atoms with Gasteiger partial charge in [-0.1, -0.05) is 31.4 Å². The summed E-state index contributed by atoms with van der Waals surface area (Å²) in [5.41, 5.74) is 4.36. The molecule has 0 aliphatic carbocycles. The molecule has 1 aliphatic heterocycles. The Balaban J connectivity index is 1.65. The Morgan fingerprint density at radius 1 is 1.28 bits per heavy atom. The van der Waals surface area contributed by atoms with Crippen molar-refractivity contribution in [3.63, 3.8) is 0 Å². The first-order chi connectivity index (χ1) is 13.9. The molecule has 2 aromatic heterocycles. The Hall–Kier alpha value is -1.97. The van der Waals surface area contributed by atoms with Crippen LogP contribution in [0.2, 0.25) is 5.15 Å². The molecular formula is C19H27ClN6O2S. The van der Waals surface area contributed by atoms with Crippen LogP contribution in [0.3, 0.4) is 0 Å². The number of sulfonamides is 1. The van der Waals surface area contributed by atoms with Crippen molar-refractivity contribution in [3.05, 3.63) is 34.7 Å². The summed E-state index contributed by atoms with van der Waals surface area (Å²) in [6.07, 6.45) is 7.92. The Morgan fingerprint density at radius 2 is 2.03 bits per heavy atom. The zero-order valence-corrected chi connectivity index (χ0v) is 18.4. The van der Waals surface area contributed by atoms with Crippen LogP contribution in [-0.4, -0.2) is 46.8 Å². The number of aromatic nitrogens is 3. The number of hydrogen-bond donors (Lipinski definition) is 1. The van der Waals surface area contributed by atoms with Gasteiger partial charge in [0.15, 0.2) is 0 Å². The fourth-order valence-corrected chi connectivity index (χ4v) is 4.96. The molecule has 1 fully saturated rings. The van der Waals surface area contributed by atoms with Crippen LogP contribution < -0.4 is 5.43 Å². The summed E-state index contributed by atoms with van der Waals surface area (Å²) in [6, 6.07) is 3.16. The van der Waals surface area contributed by atoms with Gasteiger partial charge in [0.05, 0.1) is 17.5 Å². The highest BCUT2D eigenvalue weighted by atomic mass is 35.5. The number of rotatable bonds is 8. The number of nitrogens with one attached hydrogen (secondary N) is 1. The minimum Gasteiger partial charge on any atom is -0.261 e. The summed E-state index contributed by atoms with van der Waals surface area (Å²) in [5, 5.41) is 9.16. The fraction of sp³-hybridized carbons (Fsp3) is 0.526. The second kappa shape index (κ2) is 9.69. The number of aryl methyl sites for hydroxylation is 2. The third-order valence-electron chi connectivity index (χ3n) is 4.89. The molecule has 0 saturated carbocycles. The molecule has 158 valence electrons. The number of piperidine rings is 1. The molecule has 0 unspecified atom stereocenters. The molecule has 1 saturated heterocycles.